The summed E-state index contributed by atoms with van der Waals surface area (Å²) in [5, 5.41) is 10.5. The number of nitro groups is 1. The van der Waals surface area contributed by atoms with Crippen molar-refractivity contribution in [2.24, 2.45) is 11.7 Å². The molecular weight excluding hydrogens is 236 g/mol. The van der Waals surface area contributed by atoms with Gasteiger partial charge < -0.3 is 14.9 Å². The third kappa shape index (κ3) is 3.08. The fraction of sp³-hybridized carbons (Fsp3) is 0.667. The topological polar surface area (TPSA) is 91.5 Å². The van der Waals surface area contributed by atoms with Gasteiger partial charge >= 0.3 is 5.88 Å². The van der Waals surface area contributed by atoms with Gasteiger partial charge in [0.2, 0.25) is 0 Å². The van der Waals surface area contributed by atoms with E-state index in [4.69, 9.17) is 14.9 Å². The molecule has 0 aromatic carbocycles. The Hall–Kier alpha value is -1.40. The molecule has 100 valence electrons. The van der Waals surface area contributed by atoms with E-state index in [1.165, 1.54) is 12.5 Å². The Kier molecular flexibility index (Phi) is 4.33. The van der Waals surface area contributed by atoms with Gasteiger partial charge in [-0.2, -0.15) is 0 Å². The predicted molar refractivity (Wildman–Crippen MR) is 65.0 cm³/mol. The molecule has 1 aromatic rings. The van der Waals surface area contributed by atoms with Gasteiger partial charge in [0.05, 0.1) is 12.2 Å². The lowest BCUT2D eigenvalue weighted by molar-refractivity contribution is -0.402. The van der Waals surface area contributed by atoms with Crippen molar-refractivity contribution in [2.45, 2.75) is 38.4 Å². The van der Waals surface area contributed by atoms with Crippen LogP contribution in [0.4, 0.5) is 5.88 Å². The van der Waals surface area contributed by atoms with Crippen molar-refractivity contribution in [2.75, 3.05) is 6.54 Å². The molecule has 1 aromatic heterocycles. The lowest BCUT2D eigenvalue weighted by atomic mass is 9.86. The maximum absolute atomic E-state index is 10.5. The van der Waals surface area contributed by atoms with Gasteiger partial charge in [-0.15, -0.1) is 0 Å². The highest BCUT2D eigenvalue weighted by Gasteiger charge is 2.25. The molecule has 2 unspecified atom stereocenters. The van der Waals surface area contributed by atoms with Gasteiger partial charge in [0.15, 0.2) is 0 Å². The van der Waals surface area contributed by atoms with Gasteiger partial charge in [-0.3, -0.25) is 10.1 Å². The van der Waals surface area contributed by atoms with Crippen LogP contribution in [-0.4, -0.2) is 17.6 Å². The number of nitrogens with two attached hydrogens (primary N) is 1. The van der Waals surface area contributed by atoms with Gasteiger partial charge in [0.25, 0.3) is 0 Å². The molecule has 6 nitrogen and oxygen atoms in total. The van der Waals surface area contributed by atoms with Crippen LogP contribution in [0, 0.1) is 16.0 Å². The van der Waals surface area contributed by atoms with E-state index in [9.17, 15) is 10.1 Å². The van der Waals surface area contributed by atoms with Crippen LogP contribution in [0.1, 0.15) is 31.4 Å². The summed E-state index contributed by atoms with van der Waals surface area (Å²) in [6.45, 7) is 0.901. The van der Waals surface area contributed by atoms with Crippen LogP contribution < -0.4 is 5.73 Å². The Bertz CT molecular complexity index is 405. The zero-order chi connectivity index (χ0) is 13.0. The van der Waals surface area contributed by atoms with Crippen molar-refractivity contribution in [3.63, 3.8) is 0 Å². The van der Waals surface area contributed by atoms with E-state index in [-0.39, 0.29) is 18.6 Å². The fourth-order valence-electron chi connectivity index (χ4n) is 2.39. The monoisotopic (exact) mass is 254 g/mol. The molecule has 1 fully saturated rings. The first-order chi connectivity index (χ1) is 8.70. The molecule has 1 aliphatic rings. The molecule has 18 heavy (non-hydrogen) atoms. The van der Waals surface area contributed by atoms with Gasteiger partial charge in [-0.1, -0.05) is 12.8 Å². The smallest absolute Gasteiger partial charge is 0.403 e. The Morgan fingerprint density at radius 1 is 1.44 bits per heavy atom. The fourth-order valence-corrected chi connectivity index (χ4v) is 2.39. The lowest BCUT2D eigenvalue weighted by Gasteiger charge is -2.30. The van der Waals surface area contributed by atoms with E-state index in [0.717, 1.165) is 19.3 Å². The van der Waals surface area contributed by atoms with Gasteiger partial charge in [0, 0.05) is 0 Å². The summed E-state index contributed by atoms with van der Waals surface area (Å²) in [4.78, 5) is 9.92. The minimum absolute atomic E-state index is 0.146. The Morgan fingerprint density at radius 2 is 2.22 bits per heavy atom. The highest BCUT2D eigenvalue weighted by Crippen LogP contribution is 2.27. The summed E-state index contributed by atoms with van der Waals surface area (Å²) in [7, 11) is 0. The standard InChI is InChI=1S/C12H18N2O4/c13-7-9-3-1-2-4-11(9)17-8-10-5-6-12(18-10)14(15)16/h5-6,9,11H,1-4,7-8,13H2. The van der Waals surface area contributed by atoms with E-state index >= 15 is 0 Å². The third-order valence-corrected chi connectivity index (χ3v) is 3.41. The number of rotatable bonds is 5. The zero-order valence-electron chi connectivity index (χ0n) is 10.2. The predicted octanol–water partition coefficient (Wildman–Crippen LogP) is 2.22. The number of ether oxygens (including phenoxy) is 1. The molecule has 2 atom stereocenters. The number of hydrogen-bond donors (Lipinski definition) is 1. The molecule has 0 amide bonds. The SMILES string of the molecule is NCC1CCCCC1OCc1ccc([N+](=O)[O-])o1. The number of nitrogens with zero attached hydrogens (tertiary/aromatic N) is 1. The second kappa shape index (κ2) is 5.97. The second-order valence-corrected chi connectivity index (χ2v) is 4.63. The summed E-state index contributed by atoms with van der Waals surface area (Å²) >= 11 is 0. The average molecular weight is 254 g/mol. The molecule has 0 aliphatic heterocycles. The van der Waals surface area contributed by atoms with Gasteiger partial charge in [0.1, 0.15) is 17.3 Å². The molecule has 1 heterocycles. The highest BCUT2D eigenvalue weighted by atomic mass is 16.6. The van der Waals surface area contributed by atoms with Crippen LogP contribution >= 0.6 is 0 Å². The van der Waals surface area contributed by atoms with Crippen molar-refractivity contribution >= 4 is 5.88 Å². The molecule has 0 radical (unpaired) electrons. The van der Waals surface area contributed by atoms with Crippen molar-refractivity contribution < 1.29 is 14.1 Å². The minimum Gasteiger partial charge on any atom is -0.403 e. The largest absolute Gasteiger partial charge is 0.433 e. The van der Waals surface area contributed by atoms with Crippen LogP contribution in [0.25, 0.3) is 0 Å². The third-order valence-electron chi connectivity index (χ3n) is 3.41. The van der Waals surface area contributed by atoms with E-state index in [1.54, 1.807) is 6.07 Å². The van der Waals surface area contributed by atoms with Crippen molar-refractivity contribution in [1.29, 1.82) is 0 Å². The average Bonchev–Trinajstić information content (AvgIpc) is 2.85. The van der Waals surface area contributed by atoms with Crippen LogP contribution in [0.15, 0.2) is 16.5 Å². The quantitative estimate of drug-likeness (QED) is 0.642. The van der Waals surface area contributed by atoms with Crippen LogP contribution in [0.3, 0.4) is 0 Å². The molecule has 2 rings (SSSR count). The number of hydrogen-bond acceptors (Lipinski definition) is 5. The Balaban J connectivity index is 1.87. The minimum atomic E-state index is -0.549. The highest BCUT2D eigenvalue weighted by molar-refractivity contribution is 5.17. The van der Waals surface area contributed by atoms with E-state index in [2.05, 4.69) is 0 Å². The lowest BCUT2D eigenvalue weighted by Crippen LogP contribution is -2.33. The summed E-state index contributed by atoms with van der Waals surface area (Å²) in [6.07, 6.45) is 4.60. The molecular formula is C12H18N2O4. The van der Waals surface area contributed by atoms with Crippen molar-refractivity contribution in [3.05, 3.63) is 28.0 Å². The first-order valence-corrected chi connectivity index (χ1v) is 6.25. The zero-order valence-corrected chi connectivity index (χ0v) is 10.2. The molecule has 0 spiro atoms. The van der Waals surface area contributed by atoms with Crippen LogP contribution in [0.5, 0.6) is 0 Å². The van der Waals surface area contributed by atoms with Gasteiger partial charge in [-0.25, -0.2) is 0 Å². The summed E-state index contributed by atoms with van der Waals surface area (Å²) in [5.74, 6) is 0.638. The van der Waals surface area contributed by atoms with Crippen LogP contribution in [-0.2, 0) is 11.3 Å². The first kappa shape index (κ1) is 13.0. The molecule has 0 bridgehead atoms. The van der Waals surface area contributed by atoms with E-state index in [1.807, 2.05) is 0 Å². The molecule has 1 saturated carbocycles. The molecule has 1 aliphatic carbocycles. The number of furan rings is 1. The molecule has 2 N–H and O–H groups in total. The van der Waals surface area contributed by atoms with E-state index < -0.39 is 4.92 Å². The first-order valence-electron chi connectivity index (χ1n) is 6.25. The summed E-state index contributed by atoms with van der Waals surface area (Å²) < 4.78 is 10.8. The molecule has 6 heteroatoms. The summed E-state index contributed by atoms with van der Waals surface area (Å²) in [6, 6.07) is 2.93. The second-order valence-electron chi connectivity index (χ2n) is 4.63. The molecule has 0 saturated heterocycles. The van der Waals surface area contributed by atoms with E-state index in [0.29, 0.717) is 18.2 Å². The Labute approximate surface area is 105 Å². The summed E-state index contributed by atoms with van der Waals surface area (Å²) in [5.41, 5.74) is 5.71. The maximum Gasteiger partial charge on any atom is 0.433 e. The van der Waals surface area contributed by atoms with Crippen molar-refractivity contribution in [1.82, 2.24) is 0 Å². The van der Waals surface area contributed by atoms with Crippen LogP contribution in [0.2, 0.25) is 0 Å². The van der Waals surface area contributed by atoms with Gasteiger partial charge in [-0.05, 0) is 31.4 Å². The Morgan fingerprint density at radius 3 is 2.89 bits per heavy atom. The normalized spacial score (nSPS) is 24.1. The van der Waals surface area contributed by atoms with Crippen molar-refractivity contribution in [3.8, 4) is 0 Å². The maximum atomic E-state index is 10.5.